The number of sulfone groups is 1. The van der Waals surface area contributed by atoms with Crippen molar-refractivity contribution in [3.05, 3.63) is 231 Å². The maximum Gasteiger partial charge on any atom is 0.206 e. The van der Waals surface area contributed by atoms with E-state index in [9.17, 15) is 8.42 Å². The van der Waals surface area contributed by atoms with E-state index in [0.29, 0.717) is 0 Å². The van der Waals surface area contributed by atoms with Crippen LogP contribution in [0.3, 0.4) is 0 Å². The Labute approximate surface area is 384 Å². The molecule has 7 heteroatoms. The van der Waals surface area contributed by atoms with Crippen LogP contribution < -0.4 is 0 Å². The van der Waals surface area contributed by atoms with Crippen molar-refractivity contribution in [2.75, 3.05) is 0 Å². The third-order valence-electron chi connectivity index (χ3n) is 13.8. The van der Waals surface area contributed by atoms with Crippen LogP contribution in [0.15, 0.2) is 240 Å². The van der Waals surface area contributed by atoms with E-state index in [1.165, 1.54) is 0 Å². The van der Waals surface area contributed by atoms with Gasteiger partial charge in [0, 0.05) is 65.8 Å². The first-order valence-corrected chi connectivity index (χ1v) is 24.0. The normalized spacial score (nSPS) is 12.3. The minimum absolute atomic E-state index is 0.239. The predicted molar refractivity (Wildman–Crippen MR) is 276 cm³/mol. The summed E-state index contributed by atoms with van der Waals surface area (Å²) >= 11 is 0. The molecular formula is C60H38N4O2S. The molecule has 0 unspecified atom stereocenters. The quantitative estimate of drug-likeness (QED) is 0.167. The molecule has 0 spiro atoms. The summed E-state index contributed by atoms with van der Waals surface area (Å²) in [4.78, 5) is 0.478. The Morgan fingerprint density at radius 2 is 0.552 bits per heavy atom. The molecule has 0 aliphatic heterocycles. The molecule has 0 aliphatic carbocycles. The van der Waals surface area contributed by atoms with Crippen molar-refractivity contribution in [2.24, 2.45) is 0 Å². The zero-order valence-corrected chi connectivity index (χ0v) is 36.8. The lowest BCUT2D eigenvalue weighted by atomic mass is 10.1. The smallest absolute Gasteiger partial charge is 0.206 e. The van der Waals surface area contributed by atoms with Gasteiger partial charge in [0.25, 0.3) is 0 Å². The molecule has 10 aromatic carbocycles. The van der Waals surface area contributed by atoms with Crippen LogP contribution in [0.4, 0.5) is 0 Å². The second-order valence-corrected chi connectivity index (χ2v) is 19.2. The lowest BCUT2D eigenvalue weighted by molar-refractivity contribution is 0.596. The fourth-order valence-corrected chi connectivity index (χ4v) is 12.2. The van der Waals surface area contributed by atoms with Gasteiger partial charge in [-0.3, -0.25) is 0 Å². The number of rotatable bonds is 6. The molecule has 0 radical (unpaired) electrons. The number of hydrogen-bond donors (Lipinski definition) is 0. The van der Waals surface area contributed by atoms with Crippen molar-refractivity contribution < 1.29 is 8.42 Å². The fourth-order valence-electron chi connectivity index (χ4n) is 10.9. The van der Waals surface area contributed by atoms with E-state index in [4.69, 9.17) is 0 Å². The van der Waals surface area contributed by atoms with Crippen molar-refractivity contribution in [2.45, 2.75) is 9.79 Å². The topological polar surface area (TPSA) is 53.9 Å². The molecule has 0 saturated heterocycles. The third-order valence-corrected chi connectivity index (χ3v) is 15.6. The summed E-state index contributed by atoms with van der Waals surface area (Å²) in [6.07, 6.45) is 0. The summed E-state index contributed by atoms with van der Waals surface area (Å²) in [6, 6.07) is 78.7. The molecule has 67 heavy (non-hydrogen) atoms. The van der Waals surface area contributed by atoms with Crippen molar-refractivity contribution >= 4 is 97.1 Å². The van der Waals surface area contributed by atoms with Gasteiger partial charge in [-0.2, -0.15) is 0 Å². The van der Waals surface area contributed by atoms with Crippen LogP contribution in [-0.2, 0) is 9.84 Å². The van der Waals surface area contributed by atoms with Gasteiger partial charge in [0.1, 0.15) is 0 Å². The highest BCUT2D eigenvalue weighted by molar-refractivity contribution is 7.91. The minimum atomic E-state index is -3.89. The first kappa shape index (κ1) is 37.7. The van der Waals surface area contributed by atoms with Crippen LogP contribution >= 0.6 is 0 Å². The van der Waals surface area contributed by atoms with Crippen LogP contribution in [0.1, 0.15) is 0 Å². The van der Waals surface area contributed by atoms with Crippen molar-refractivity contribution in [1.29, 1.82) is 0 Å². The van der Waals surface area contributed by atoms with Gasteiger partial charge in [-0.15, -0.1) is 0 Å². The number of aromatic nitrogens is 4. The summed E-state index contributed by atoms with van der Waals surface area (Å²) in [5, 5.41) is 9.17. The summed E-state index contributed by atoms with van der Waals surface area (Å²) in [5.74, 6) is 0. The van der Waals surface area contributed by atoms with E-state index in [-0.39, 0.29) is 9.79 Å². The highest BCUT2D eigenvalue weighted by Crippen LogP contribution is 2.44. The molecule has 14 rings (SSSR count). The van der Waals surface area contributed by atoms with Gasteiger partial charge in [-0.1, -0.05) is 121 Å². The molecule has 6 nitrogen and oxygen atoms in total. The largest absolute Gasteiger partial charge is 0.309 e. The van der Waals surface area contributed by atoms with Crippen LogP contribution in [0.25, 0.3) is 110 Å². The molecule has 14 aromatic rings. The molecule has 0 atom stereocenters. The Hall–Kier alpha value is -8.65. The molecular weight excluding hydrogens is 841 g/mol. The van der Waals surface area contributed by atoms with Crippen molar-refractivity contribution in [1.82, 2.24) is 18.3 Å². The molecule has 4 heterocycles. The SMILES string of the molecule is O=S(=O)(c1ccc(-n2c3ccccc3c3ccc4c(c5ccccc5n4-c4ccccc4)c32)cc1)c1ccc(-n2c3ccccc3c3ccc4c(c5ccccc5n4-c4ccccc4)c32)cc1. The maximum atomic E-state index is 14.6. The average Bonchev–Trinajstić information content (AvgIpc) is 4.12. The first-order chi connectivity index (χ1) is 33.0. The van der Waals surface area contributed by atoms with Gasteiger partial charge in [0.15, 0.2) is 0 Å². The molecule has 4 aromatic heterocycles. The molecule has 0 bridgehead atoms. The van der Waals surface area contributed by atoms with Crippen LogP contribution in [0.5, 0.6) is 0 Å². The zero-order chi connectivity index (χ0) is 44.4. The van der Waals surface area contributed by atoms with E-state index in [1.807, 2.05) is 36.4 Å². The number of benzene rings is 10. The molecule has 0 fully saturated rings. The first-order valence-electron chi connectivity index (χ1n) is 22.5. The van der Waals surface area contributed by atoms with E-state index < -0.39 is 9.84 Å². The number of hydrogen-bond acceptors (Lipinski definition) is 2. The van der Waals surface area contributed by atoms with Crippen molar-refractivity contribution in [3.63, 3.8) is 0 Å². The maximum absolute atomic E-state index is 14.6. The Morgan fingerprint density at radius 1 is 0.239 bits per heavy atom. The fraction of sp³-hybridized carbons (Fsp3) is 0. The number of nitrogens with zero attached hydrogens (tertiary/aromatic N) is 4. The van der Waals surface area contributed by atoms with Crippen LogP contribution in [-0.4, -0.2) is 26.7 Å². The van der Waals surface area contributed by atoms with E-state index in [1.54, 1.807) is 24.3 Å². The molecule has 316 valence electrons. The second-order valence-electron chi connectivity index (χ2n) is 17.3. The molecule has 0 aliphatic rings. The second kappa shape index (κ2) is 14.2. The van der Waals surface area contributed by atoms with Crippen LogP contribution in [0, 0.1) is 0 Å². The van der Waals surface area contributed by atoms with Gasteiger partial charge < -0.3 is 18.3 Å². The predicted octanol–water partition coefficient (Wildman–Crippen LogP) is 14.9. The standard InChI is InChI=1S/C60H38N4O2S/c65-67(66,43-31-27-41(28-32-43)63-51-23-11-7-19-45(51)47-35-37-55-57(59(47)63)49-21-9-13-25-53(49)61(55)39-15-3-1-4-16-39)44-33-29-42(30-34-44)64-52-24-12-8-20-46(52)48-36-38-56-58(60(48)64)50-22-10-14-26-54(50)62(56)40-17-5-2-6-18-40/h1-38H. The molecule has 0 N–H and O–H groups in total. The van der Waals surface area contributed by atoms with Gasteiger partial charge >= 0.3 is 0 Å². The van der Waals surface area contributed by atoms with E-state index >= 15 is 0 Å². The highest BCUT2D eigenvalue weighted by atomic mass is 32.2. The van der Waals surface area contributed by atoms with E-state index in [0.717, 1.165) is 110 Å². The Morgan fingerprint density at radius 3 is 0.940 bits per heavy atom. The molecule has 0 saturated carbocycles. The number of para-hydroxylation sites is 6. The number of fused-ring (bicyclic) bond motifs is 14. The minimum Gasteiger partial charge on any atom is -0.309 e. The summed E-state index contributed by atoms with van der Waals surface area (Å²) in [6.45, 7) is 0. The highest BCUT2D eigenvalue weighted by Gasteiger charge is 2.24. The van der Waals surface area contributed by atoms with Gasteiger partial charge in [-0.25, -0.2) is 8.42 Å². The summed E-state index contributed by atoms with van der Waals surface area (Å²) < 4.78 is 38.4. The molecule has 0 amide bonds. The zero-order valence-electron chi connectivity index (χ0n) is 36.0. The van der Waals surface area contributed by atoms with Gasteiger partial charge in [-0.05, 0) is 109 Å². The Balaban J connectivity index is 0.901. The van der Waals surface area contributed by atoms with Crippen molar-refractivity contribution in [3.8, 4) is 22.7 Å². The summed E-state index contributed by atoms with van der Waals surface area (Å²) in [5.41, 5.74) is 12.7. The average molecular weight is 879 g/mol. The summed E-state index contributed by atoms with van der Waals surface area (Å²) in [7, 11) is -3.89. The Kier molecular flexibility index (Phi) is 7.97. The van der Waals surface area contributed by atoms with E-state index in [2.05, 4.69) is 188 Å². The van der Waals surface area contributed by atoms with Gasteiger partial charge in [0.2, 0.25) is 9.84 Å². The lowest BCUT2D eigenvalue weighted by Gasteiger charge is -2.12. The van der Waals surface area contributed by atoms with Crippen LogP contribution in [0.2, 0.25) is 0 Å². The monoisotopic (exact) mass is 878 g/mol. The lowest BCUT2D eigenvalue weighted by Crippen LogP contribution is -2.03. The third kappa shape index (κ3) is 5.34. The Bertz CT molecular complexity index is 4150. The van der Waals surface area contributed by atoms with Gasteiger partial charge in [0.05, 0.1) is 53.9 Å².